The third kappa shape index (κ3) is 7.37. The van der Waals surface area contributed by atoms with E-state index in [2.05, 4.69) is 5.32 Å². The number of alkyl carbamates (subject to hydrolysis) is 1. The highest BCUT2D eigenvalue weighted by atomic mass is 16.6. The Morgan fingerprint density at radius 1 is 1.00 bits per heavy atom. The molecule has 0 aromatic heterocycles. The molecule has 0 saturated heterocycles. The van der Waals surface area contributed by atoms with Gasteiger partial charge in [0.1, 0.15) is 11.6 Å². The maximum absolute atomic E-state index is 12.4. The molecule has 138 valence electrons. The minimum Gasteiger partial charge on any atom is -0.456 e. The summed E-state index contributed by atoms with van der Waals surface area (Å²) in [5, 5.41) is 2.53. The molecule has 25 heavy (non-hydrogen) atoms. The molecular formula is C19H27NO5. The van der Waals surface area contributed by atoms with Crippen molar-refractivity contribution in [1.29, 1.82) is 0 Å². The fourth-order valence-electron chi connectivity index (χ4n) is 1.98. The standard InChI is InChI=1S/C19H27NO5/c1-18(2,3)15(20-17(23)25-19(4,5)6)16(22)24-12-14(21)13-10-8-7-9-11-13/h7-11,15H,12H2,1-6H3,(H,20,23)/t15-/m0/s1. The topological polar surface area (TPSA) is 81.7 Å². The first kappa shape index (κ1) is 20.7. The predicted molar refractivity (Wildman–Crippen MR) is 94.3 cm³/mol. The first-order chi connectivity index (χ1) is 11.4. The van der Waals surface area contributed by atoms with Crippen LogP contribution >= 0.6 is 0 Å². The number of amides is 1. The Bertz CT molecular complexity index is 611. The zero-order valence-electron chi connectivity index (χ0n) is 15.7. The van der Waals surface area contributed by atoms with Crippen molar-refractivity contribution in [3.8, 4) is 0 Å². The van der Waals surface area contributed by atoms with Gasteiger partial charge >= 0.3 is 12.1 Å². The van der Waals surface area contributed by atoms with Crippen molar-refractivity contribution in [2.75, 3.05) is 6.61 Å². The summed E-state index contributed by atoms with van der Waals surface area (Å²) < 4.78 is 10.3. The zero-order valence-corrected chi connectivity index (χ0v) is 15.7. The molecule has 1 N–H and O–H groups in total. The van der Waals surface area contributed by atoms with E-state index in [9.17, 15) is 14.4 Å². The molecule has 1 rings (SSSR count). The Morgan fingerprint density at radius 3 is 2.04 bits per heavy atom. The molecule has 0 unspecified atom stereocenters. The third-order valence-electron chi connectivity index (χ3n) is 3.20. The number of carbonyl (C=O) groups is 3. The van der Waals surface area contributed by atoms with Gasteiger partial charge in [-0.2, -0.15) is 0 Å². The Kier molecular flexibility index (Phi) is 6.73. The molecule has 6 nitrogen and oxygen atoms in total. The second-order valence-corrected chi connectivity index (χ2v) is 7.84. The van der Waals surface area contributed by atoms with Crippen molar-refractivity contribution < 1.29 is 23.9 Å². The SMILES string of the molecule is CC(C)(C)OC(=O)N[C@@H](C(=O)OCC(=O)c1ccccc1)C(C)(C)C. The number of hydrogen-bond donors (Lipinski definition) is 1. The summed E-state index contributed by atoms with van der Waals surface area (Å²) in [4.78, 5) is 36.4. The van der Waals surface area contributed by atoms with Crippen molar-refractivity contribution in [1.82, 2.24) is 5.32 Å². The van der Waals surface area contributed by atoms with Gasteiger partial charge in [0.15, 0.2) is 12.4 Å². The zero-order chi connectivity index (χ0) is 19.3. The van der Waals surface area contributed by atoms with Gasteiger partial charge in [-0.25, -0.2) is 9.59 Å². The van der Waals surface area contributed by atoms with Crippen LogP contribution in [0.4, 0.5) is 4.79 Å². The van der Waals surface area contributed by atoms with E-state index in [0.717, 1.165) is 0 Å². The number of benzene rings is 1. The molecule has 0 aliphatic heterocycles. The van der Waals surface area contributed by atoms with Crippen LogP contribution in [0, 0.1) is 5.41 Å². The number of rotatable bonds is 5. The van der Waals surface area contributed by atoms with Gasteiger partial charge in [-0.05, 0) is 26.2 Å². The average Bonchev–Trinajstić information content (AvgIpc) is 2.48. The predicted octanol–water partition coefficient (Wildman–Crippen LogP) is 3.35. The van der Waals surface area contributed by atoms with Crippen molar-refractivity contribution >= 4 is 17.8 Å². The quantitative estimate of drug-likeness (QED) is 0.651. The largest absolute Gasteiger partial charge is 0.456 e. The summed E-state index contributed by atoms with van der Waals surface area (Å²) in [7, 11) is 0. The van der Waals surface area contributed by atoms with Crippen molar-refractivity contribution in [3.63, 3.8) is 0 Å². The first-order valence-corrected chi connectivity index (χ1v) is 8.14. The molecule has 1 amide bonds. The molecule has 1 aromatic carbocycles. The van der Waals surface area contributed by atoms with Crippen LogP contribution in [0.15, 0.2) is 30.3 Å². The number of ketones is 1. The van der Waals surface area contributed by atoms with Gasteiger partial charge in [0, 0.05) is 5.56 Å². The van der Waals surface area contributed by atoms with Gasteiger partial charge in [0.2, 0.25) is 0 Å². The van der Waals surface area contributed by atoms with Crippen LogP contribution in [0.3, 0.4) is 0 Å². The van der Waals surface area contributed by atoms with E-state index in [4.69, 9.17) is 9.47 Å². The maximum atomic E-state index is 12.4. The van der Waals surface area contributed by atoms with E-state index in [1.54, 1.807) is 71.9 Å². The molecular weight excluding hydrogens is 322 g/mol. The number of nitrogens with one attached hydrogen (secondary N) is 1. The highest BCUT2D eigenvalue weighted by Crippen LogP contribution is 2.21. The molecule has 0 spiro atoms. The fraction of sp³-hybridized carbons (Fsp3) is 0.526. The monoisotopic (exact) mass is 349 g/mol. The molecule has 1 atom stereocenters. The van der Waals surface area contributed by atoms with E-state index >= 15 is 0 Å². The Morgan fingerprint density at radius 2 is 1.56 bits per heavy atom. The van der Waals surface area contributed by atoms with Crippen molar-refractivity contribution in [2.45, 2.75) is 53.2 Å². The van der Waals surface area contributed by atoms with Crippen LogP contribution in [-0.2, 0) is 14.3 Å². The lowest BCUT2D eigenvalue weighted by atomic mass is 9.87. The molecule has 0 aliphatic carbocycles. The normalized spacial score (nSPS) is 12.9. The molecule has 0 fully saturated rings. The second kappa shape index (κ2) is 8.14. The van der Waals surface area contributed by atoms with Gasteiger partial charge in [-0.1, -0.05) is 51.1 Å². The Balaban J connectivity index is 2.71. The summed E-state index contributed by atoms with van der Waals surface area (Å²) in [6, 6.07) is 7.62. The number of ether oxygens (including phenoxy) is 2. The van der Waals surface area contributed by atoms with E-state index in [1.807, 2.05) is 0 Å². The van der Waals surface area contributed by atoms with Gasteiger partial charge in [0.25, 0.3) is 0 Å². The van der Waals surface area contributed by atoms with E-state index in [0.29, 0.717) is 5.56 Å². The third-order valence-corrected chi connectivity index (χ3v) is 3.20. The molecule has 0 heterocycles. The van der Waals surface area contributed by atoms with Crippen LogP contribution in [0.5, 0.6) is 0 Å². The van der Waals surface area contributed by atoms with Gasteiger partial charge in [-0.15, -0.1) is 0 Å². The van der Waals surface area contributed by atoms with Crippen LogP contribution in [0.25, 0.3) is 0 Å². The van der Waals surface area contributed by atoms with Crippen LogP contribution in [0.2, 0.25) is 0 Å². The highest BCUT2D eigenvalue weighted by Gasteiger charge is 2.35. The van der Waals surface area contributed by atoms with E-state index in [1.165, 1.54) is 0 Å². The number of Topliss-reactive ketones (excluding diaryl/α,β-unsaturated/α-hetero) is 1. The van der Waals surface area contributed by atoms with Gasteiger partial charge in [0.05, 0.1) is 0 Å². The minimum atomic E-state index is -0.939. The van der Waals surface area contributed by atoms with Crippen molar-refractivity contribution in [3.05, 3.63) is 35.9 Å². The van der Waals surface area contributed by atoms with E-state index < -0.39 is 29.1 Å². The van der Waals surface area contributed by atoms with Gasteiger partial charge < -0.3 is 14.8 Å². The summed E-state index contributed by atoms with van der Waals surface area (Å²) >= 11 is 0. The molecule has 0 aliphatic rings. The Labute approximate surface area is 148 Å². The van der Waals surface area contributed by atoms with Crippen LogP contribution < -0.4 is 5.32 Å². The molecule has 0 bridgehead atoms. The lowest BCUT2D eigenvalue weighted by Crippen LogP contribution is -2.51. The highest BCUT2D eigenvalue weighted by molar-refractivity contribution is 5.98. The average molecular weight is 349 g/mol. The Hall–Kier alpha value is -2.37. The lowest BCUT2D eigenvalue weighted by molar-refractivity contribution is -0.147. The maximum Gasteiger partial charge on any atom is 0.408 e. The summed E-state index contributed by atoms with van der Waals surface area (Å²) in [5.41, 5.74) is -0.827. The van der Waals surface area contributed by atoms with Gasteiger partial charge in [-0.3, -0.25) is 4.79 Å². The van der Waals surface area contributed by atoms with Crippen molar-refractivity contribution in [2.24, 2.45) is 5.41 Å². The fourth-order valence-corrected chi connectivity index (χ4v) is 1.98. The second-order valence-electron chi connectivity index (χ2n) is 7.84. The molecule has 1 aromatic rings. The minimum absolute atomic E-state index is 0.307. The smallest absolute Gasteiger partial charge is 0.408 e. The lowest BCUT2D eigenvalue weighted by Gasteiger charge is -2.30. The first-order valence-electron chi connectivity index (χ1n) is 8.14. The summed E-state index contributed by atoms with van der Waals surface area (Å²) in [5.74, 6) is -0.985. The van der Waals surface area contributed by atoms with Crippen LogP contribution in [0.1, 0.15) is 51.9 Å². The number of carbonyl (C=O) groups excluding carboxylic acids is 3. The summed E-state index contributed by atoms with van der Waals surface area (Å²) in [6.45, 7) is 10.2. The van der Waals surface area contributed by atoms with E-state index in [-0.39, 0.29) is 12.4 Å². The molecule has 6 heteroatoms. The number of hydrogen-bond acceptors (Lipinski definition) is 5. The van der Waals surface area contributed by atoms with Crippen LogP contribution in [-0.4, -0.2) is 36.1 Å². The molecule has 0 radical (unpaired) electrons. The number of esters is 1. The molecule has 0 saturated carbocycles. The summed E-state index contributed by atoms with van der Waals surface area (Å²) in [6.07, 6.45) is -0.709.